The zero-order valence-electron chi connectivity index (χ0n) is 15.9. The molecule has 0 aliphatic carbocycles. The molecule has 3 aromatic carbocycles. The average Bonchev–Trinajstić information content (AvgIpc) is 2.77. The molecule has 0 aromatic heterocycles. The van der Waals surface area contributed by atoms with Crippen molar-refractivity contribution in [2.45, 2.75) is 19.6 Å². The topological polar surface area (TPSA) is 38.8 Å². The molecule has 28 heavy (non-hydrogen) atoms. The Labute approximate surface area is 165 Å². The van der Waals surface area contributed by atoms with Gasteiger partial charge in [0.25, 0.3) is 5.91 Å². The highest BCUT2D eigenvalue weighted by Crippen LogP contribution is 2.25. The minimum Gasteiger partial charge on any atom is -0.497 e. The second-order valence-electron chi connectivity index (χ2n) is 6.91. The number of benzene rings is 3. The first-order valence-corrected chi connectivity index (χ1v) is 9.45. The zero-order valence-corrected chi connectivity index (χ0v) is 15.9. The lowest BCUT2D eigenvalue weighted by molar-refractivity contribution is 0.0734. The molecule has 0 bridgehead atoms. The van der Waals surface area contributed by atoms with Crippen LogP contribution in [0, 0.1) is 0 Å². The summed E-state index contributed by atoms with van der Waals surface area (Å²) < 4.78 is 11.1. The van der Waals surface area contributed by atoms with Gasteiger partial charge in [-0.3, -0.25) is 4.79 Å². The first-order chi connectivity index (χ1) is 13.7. The fourth-order valence-corrected chi connectivity index (χ4v) is 3.45. The minimum absolute atomic E-state index is 0.0445. The van der Waals surface area contributed by atoms with E-state index in [9.17, 15) is 4.79 Å². The van der Waals surface area contributed by atoms with E-state index in [0.29, 0.717) is 18.7 Å². The highest BCUT2D eigenvalue weighted by molar-refractivity contribution is 5.94. The van der Waals surface area contributed by atoms with Crippen LogP contribution >= 0.6 is 0 Å². The van der Waals surface area contributed by atoms with Crippen LogP contribution in [0.15, 0.2) is 72.8 Å². The summed E-state index contributed by atoms with van der Waals surface area (Å²) in [7, 11) is 1.66. The summed E-state index contributed by atoms with van der Waals surface area (Å²) in [5.41, 5.74) is 4.24. The maximum Gasteiger partial charge on any atom is 0.254 e. The molecule has 0 unspecified atom stereocenters. The van der Waals surface area contributed by atoms with Gasteiger partial charge in [-0.25, -0.2) is 0 Å². The van der Waals surface area contributed by atoms with Crippen LogP contribution in [0.1, 0.15) is 27.0 Å². The molecule has 1 aliphatic rings. The molecule has 142 valence electrons. The van der Waals surface area contributed by atoms with Crippen LogP contribution in [0.3, 0.4) is 0 Å². The Kier molecular flexibility index (Phi) is 5.29. The number of carbonyl (C=O) groups excluding carboxylic acids is 1. The van der Waals surface area contributed by atoms with E-state index in [4.69, 9.17) is 9.47 Å². The van der Waals surface area contributed by atoms with Gasteiger partial charge in [-0.05, 0) is 59.5 Å². The molecule has 1 aliphatic heterocycles. The van der Waals surface area contributed by atoms with E-state index in [1.165, 1.54) is 5.56 Å². The van der Waals surface area contributed by atoms with E-state index in [1.54, 1.807) is 7.11 Å². The number of ether oxygens (including phenoxy) is 2. The van der Waals surface area contributed by atoms with E-state index in [0.717, 1.165) is 35.6 Å². The minimum atomic E-state index is 0.0445. The van der Waals surface area contributed by atoms with Crippen LogP contribution in [0.2, 0.25) is 0 Å². The Balaban J connectivity index is 1.40. The van der Waals surface area contributed by atoms with Crippen LogP contribution in [-0.4, -0.2) is 24.5 Å². The quantitative estimate of drug-likeness (QED) is 0.662. The number of amides is 1. The van der Waals surface area contributed by atoms with Crippen molar-refractivity contribution < 1.29 is 14.3 Å². The van der Waals surface area contributed by atoms with Gasteiger partial charge >= 0.3 is 0 Å². The third-order valence-corrected chi connectivity index (χ3v) is 5.06. The second kappa shape index (κ2) is 8.17. The van der Waals surface area contributed by atoms with Crippen molar-refractivity contribution in [1.29, 1.82) is 0 Å². The fraction of sp³-hybridized carbons (Fsp3) is 0.208. The molecule has 0 atom stereocenters. The summed E-state index contributed by atoms with van der Waals surface area (Å²) in [6.45, 7) is 1.85. The maximum atomic E-state index is 12.9. The van der Waals surface area contributed by atoms with Crippen molar-refractivity contribution in [1.82, 2.24) is 4.90 Å². The summed E-state index contributed by atoms with van der Waals surface area (Å²) in [5.74, 6) is 1.63. The second-order valence-corrected chi connectivity index (χ2v) is 6.91. The maximum absolute atomic E-state index is 12.9. The summed E-state index contributed by atoms with van der Waals surface area (Å²) >= 11 is 0. The molecule has 1 heterocycles. The fourth-order valence-electron chi connectivity index (χ4n) is 3.45. The van der Waals surface area contributed by atoms with Crippen LogP contribution < -0.4 is 9.47 Å². The number of hydrogen-bond acceptors (Lipinski definition) is 3. The van der Waals surface area contributed by atoms with E-state index in [-0.39, 0.29) is 5.91 Å². The van der Waals surface area contributed by atoms with Gasteiger partial charge in [0.15, 0.2) is 0 Å². The van der Waals surface area contributed by atoms with Crippen molar-refractivity contribution >= 4 is 5.91 Å². The Morgan fingerprint density at radius 1 is 0.929 bits per heavy atom. The van der Waals surface area contributed by atoms with Gasteiger partial charge in [0.05, 0.1) is 7.11 Å². The molecule has 4 rings (SSSR count). The Morgan fingerprint density at radius 2 is 1.68 bits per heavy atom. The molecule has 0 radical (unpaired) electrons. The SMILES string of the molecule is COc1ccc2c(c1)CN(C(=O)c1ccc(OCc3ccccc3)cc1)CC2. The molecule has 4 heteroatoms. The smallest absolute Gasteiger partial charge is 0.254 e. The third kappa shape index (κ3) is 4.01. The lowest BCUT2D eigenvalue weighted by Gasteiger charge is -2.29. The highest BCUT2D eigenvalue weighted by atomic mass is 16.5. The standard InChI is InChI=1S/C24H23NO3/c1-27-23-12-7-19-13-14-25(16-21(19)15-23)24(26)20-8-10-22(11-9-20)28-17-18-5-3-2-4-6-18/h2-12,15H,13-14,16-17H2,1H3. The van der Waals surface area contributed by atoms with Gasteiger partial charge in [0, 0.05) is 18.7 Å². The summed E-state index contributed by atoms with van der Waals surface area (Å²) in [5, 5.41) is 0. The van der Waals surface area contributed by atoms with Gasteiger partial charge < -0.3 is 14.4 Å². The monoisotopic (exact) mass is 373 g/mol. The number of methoxy groups -OCH3 is 1. The van der Waals surface area contributed by atoms with Gasteiger partial charge in [0.1, 0.15) is 18.1 Å². The molecular weight excluding hydrogens is 350 g/mol. The Bertz CT molecular complexity index is 951. The van der Waals surface area contributed by atoms with Crippen molar-refractivity contribution in [2.24, 2.45) is 0 Å². The number of hydrogen-bond donors (Lipinski definition) is 0. The predicted molar refractivity (Wildman–Crippen MR) is 109 cm³/mol. The Morgan fingerprint density at radius 3 is 2.43 bits per heavy atom. The van der Waals surface area contributed by atoms with Gasteiger partial charge in [-0.1, -0.05) is 36.4 Å². The van der Waals surface area contributed by atoms with E-state index < -0.39 is 0 Å². The first-order valence-electron chi connectivity index (χ1n) is 9.45. The Hall–Kier alpha value is -3.27. The molecule has 4 nitrogen and oxygen atoms in total. The largest absolute Gasteiger partial charge is 0.497 e. The van der Waals surface area contributed by atoms with Gasteiger partial charge in [0.2, 0.25) is 0 Å². The predicted octanol–water partition coefficient (Wildman–Crippen LogP) is 4.47. The molecule has 1 amide bonds. The van der Waals surface area contributed by atoms with Crippen molar-refractivity contribution in [3.05, 3.63) is 95.1 Å². The number of nitrogens with zero attached hydrogens (tertiary/aromatic N) is 1. The summed E-state index contributed by atoms with van der Waals surface area (Å²) in [4.78, 5) is 14.8. The van der Waals surface area contributed by atoms with Crippen LogP contribution in [-0.2, 0) is 19.6 Å². The van der Waals surface area contributed by atoms with E-state index >= 15 is 0 Å². The molecule has 0 spiro atoms. The summed E-state index contributed by atoms with van der Waals surface area (Å²) in [6, 6.07) is 23.5. The van der Waals surface area contributed by atoms with Gasteiger partial charge in [-0.2, -0.15) is 0 Å². The van der Waals surface area contributed by atoms with Gasteiger partial charge in [-0.15, -0.1) is 0 Å². The summed E-state index contributed by atoms with van der Waals surface area (Å²) in [6.07, 6.45) is 0.864. The molecule has 3 aromatic rings. The molecule has 0 saturated carbocycles. The number of carbonyl (C=O) groups is 1. The molecule has 0 N–H and O–H groups in total. The third-order valence-electron chi connectivity index (χ3n) is 5.06. The lowest BCUT2D eigenvalue weighted by Crippen LogP contribution is -2.35. The van der Waals surface area contributed by atoms with Crippen molar-refractivity contribution in [2.75, 3.05) is 13.7 Å². The van der Waals surface area contributed by atoms with Crippen LogP contribution in [0.5, 0.6) is 11.5 Å². The highest BCUT2D eigenvalue weighted by Gasteiger charge is 2.22. The molecular formula is C24H23NO3. The van der Waals surface area contributed by atoms with Crippen molar-refractivity contribution in [3.8, 4) is 11.5 Å². The normalized spacial score (nSPS) is 13.0. The number of rotatable bonds is 5. The molecule has 0 saturated heterocycles. The van der Waals surface area contributed by atoms with E-state index in [1.807, 2.05) is 71.6 Å². The van der Waals surface area contributed by atoms with Crippen LogP contribution in [0.4, 0.5) is 0 Å². The van der Waals surface area contributed by atoms with E-state index in [2.05, 4.69) is 6.07 Å². The zero-order chi connectivity index (χ0) is 19.3. The lowest BCUT2D eigenvalue weighted by atomic mass is 9.99. The average molecular weight is 373 g/mol. The van der Waals surface area contributed by atoms with Crippen LogP contribution in [0.25, 0.3) is 0 Å². The first kappa shape index (κ1) is 18.1. The van der Waals surface area contributed by atoms with Crippen molar-refractivity contribution in [3.63, 3.8) is 0 Å². The number of fused-ring (bicyclic) bond motifs is 1. The molecule has 0 fully saturated rings.